The van der Waals surface area contributed by atoms with Gasteiger partial charge in [-0.3, -0.25) is 9.59 Å². The number of amides is 1. The number of carbonyl (C=O) groups is 2. The lowest BCUT2D eigenvalue weighted by Gasteiger charge is -2.28. The Hall–Kier alpha value is -1.88. The Labute approximate surface area is 169 Å². The molecule has 1 aromatic rings. The summed E-state index contributed by atoms with van der Waals surface area (Å²) in [4.78, 5) is 26.6. The second kappa shape index (κ2) is 12.6. The van der Waals surface area contributed by atoms with Gasteiger partial charge in [0, 0.05) is 24.9 Å². The van der Waals surface area contributed by atoms with Crippen LogP contribution in [0.4, 0.5) is 0 Å². The average Bonchev–Trinajstić information content (AvgIpc) is 2.71. The fraction of sp³-hybridized carbons (Fsp3) is 0.652. The largest absolute Gasteiger partial charge is 0.494 e. The molecule has 2 rings (SSSR count). The van der Waals surface area contributed by atoms with Gasteiger partial charge in [-0.25, -0.2) is 0 Å². The minimum Gasteiger partial charge on any atom is -0.494 e. The predicted molar refractivity (Wildman–Crippen MR) is 113 cm³/mol. The molecule has 5 heteroatoms. The number of hydrogen-bond acceptors (Lipinski definition) is 4. The SMILES string of the molecule is CCCCCOc1ccc(C(=O)CCC(=O)NCCC2CCN(C)CC2)cc1. The number of benzene rings is 1. The van der Waals surface area contributed by atoms with Gasteiger partial charge in [-0.05, 0) is 76.0 Å². The van der Waals surface area contributed by atoms with E-state index in [9.17, 15) is 9.59 Å². The molecule has 1 saturated heterocycles. The molecule has 1 N–H and O–H groups in total. The third kappa shape index (κ3) is 8.42. The number of ketones is 1. The number of piperidine rings is 1. The van der Waals surface area contributed by atoms with E-state index in [0.29, 0.717) is 24.6 Å². The molecular weight excluding hydrogens is 352 g/mol. The molecule has 1 amide bonds. The number of nitrogens with one attached hydrogen (secondary N) is 1. The van der Waals surface area contributed by atoms with E-state index in [-0.39, 0.29) is 24.5 Å². The highest BCUT2D eigenvalue weighted by atomic mass is 16.5. The summed E-state index contributed by atoms with van der Waals surface area (Å²) in [6.45, 7) is 5.88. The lowest BCUT2D eigenvalue weighted by atomic mass is 9.94. The minimum absolute atomic E-state index is 0.00278. The van der Waals surface area contributed by atoms with Crippen LogP contribution in [0.1, 0.15) is 68.6 Å². The number of likely N-dealkylation sites (tertiary alicyclic amines) is 1. The van der Waals surface area contributed by atoms with Crippen LogP contribution in [0.3, 0.4) is 0 Å². The number of carbonyl (C=O) groups excluding carboxylic acids is 2. The molecule has 0 spiro atoms. The van der Waals surface area contributed by atoms with Gasteiger partial charge in [-0.2, -0.15) is 0 Å². The van der Waals surface area contributed by atoms with Crippen molar-refractivity contribution < 1.29 is 14.3 Å². The zero-order valence-corrected chi connectivity index (χ0v) is 17.5. The zero-order chi connectivity index (χ0) is 20.2. The maximum absolute atomic E-state index is 12.3. The van der Waals surface area contributed by atoms with Gasteiger partial charge in [0.25, 0.3) is 0 Å². The second-order valence-electron chi connectivity index (χ2n) is 7.89. The molecule has 0 unspecified atom stereocenters. The van der Waals surface area contributed by atoms with Gasteiger partial charge >= 0.3 is 0 Å². The van der Waals surface area contributed by atoms with E-state index in [1.807, 2.05) is 12.1 Å². The van der Waals surface area contributed by atoms with Crippen LogP contribution in [0, 0.1) is 5.92 Å². The monoisotopic (exact) mass is 388 g/mol. The molecule has 0 atom stereocenters. The Bertz CT molecular complexity index is 592. The summed E-state index contributed by atoms with van der Waals surface area (Å²) < 4.78 is 5.66. The zero-order valence-electron chi connectivity index (χ0n) is 17.5. The average molecular weight is 389 g/mol. The minimum atomic E-state index is -0.0304. The van der Waals surface area contributed by atoms with Crippen LogP contribution < -0.4 is 10.1 Å². The number of nitrogens with zero attached hydrogens (tertiary/aromatic N) is 1. The van der Waals surface area contributed by atoms with E-state index < -0.39 is 0 Å². The van der Waals surface area contributed by atoms with Gasteiger partial charge in [0.1, 0.15) is 5.75 Å². The molecule has 0 radical (unpaired) electrons. The van der Waals surface area contributed by atoms with Gasteiger partial charge in [0.2, 0.25) is 5.91 Å². The van der Waals surface area contributed by atoms with Crippen molar-refractivity contribution >= 4 is 11.7 Å². The van der Waals surface area contributed by atoms with Gasteiger partial charge in [-0.15, -0.1) is 0 Å². The number of ether oxygens (including phenoxy) is 1. The fourth-order valence-corrected chi connectivity index (χ4v) is 3.51. The molecule has 5 nitrogen and oxygen atoms in total. The highest BCUT2D eigenvalue weighted by Crippen LogP contribution is 2.19. The van der Waals surface area contributed by atoms with Crippen molar-refractivity contribution in [1.29, 1.82) is 0 Å². The van der Waals surface area contributed by atoms with E-state index in [4.69, 9.17) is 4.74 Å². The molecule has 0 aliphatic carbocycles. The number of unbranched alkanes of at least 4 members (excludes halogenated alkanes) is 2. The Morgan fingerprint density at radius 1 is 1.11 bits per heavy atom. The number of hydrogen-bond donors (Lipinski definition) is 1. The Kier molecular flexibility index (Phi) is 10.0. The molecule has 28 heavy (non-hydrogen) atoms. The highest BCUT2D eigenvalue weighted by molar-refractivity contribution is 5.98. The van der Waals surface area contributed by atoms with E-state index in [1.54, 1.807) is 12.1 Å². The van der Waals surface area contributed by atoms with Crippen molar-refractivity contribution in [3.63, 3.8) is 0 Å². The van der Waals surface area contributed by atoms with Crippen LogP contribution >= 0.6 is 0 Å². The van der Waals surface area contributed by atoms with Crippen LogP contribution in [0.5, 0.6) is 5.75 Å². The summed E-state index contributed by atoms with van der Waals surface area (Å²) in [6.07, 6.45) is 7.33. The third-order valence-electron chi connectivity index (χ3n) is 5.48. The molecule has 1 aliphatic heterocycles. The summed E-state index contributed by atoms with van der Waals surface area (Å²) in [5.41, 5.74) is 0.639. The molecule has 0 aromatic heterocycles. The van der Waals surface area contributed by atoms with Gasteiger partial charge in [0.05, 0.1) is 6.61 Å². The predicted octanol–water partition coefficient (Wildman–Crippen LogP) is 4.07. The molecular formula is C23H36N2O3. The van der Waals surface area contributed by atoms with E-state index in [0.717, 1.165) is 38.1 Å². The Balaban J connectivity index is 1.61. The van der Waals surface area contributed by atoms with Gasteiger partial charge in [-0.1, -0.05) is 19.8 Å². The van der Waals surface area contributed by atoms with Crippen molar-refractivity contribution in [3.8, 4) is 5.75 Å². The molecule has 1 aliphatic rings. The number of rotatable bonds is 12. The van der Waals surface area contributed by atoms with E-state index >= 15 is 0 Å². The van der Waals surface area contributed by atoms with Crippen LogP contribution in [0.2, 0.25) is 0 Å². The summed E-state index contributed by atoms with van der Waals surface area (Å²) in [5, 5.41) is 2.97. The van der Waals surface area contributed by atoms with Crippen molar-refractivity contribution in [1.82, 2.24) is 10.2 Å². The molecule has 0 saturated carbocycles. The van der Waals surface area contributed by atoms with Gasteiger partial charge < -0.3 is 15.0 Å². The molecule has 156 valence electrons. The first-order valence-electron chi connectivity index (χ1n) is 10.8. The fourth-order valence-electron chi connectivity index (χ4n) is 3.51. The standard InChI is InChI=1S/C23H36N2O3/c1-3-4-5-18-28-21-8-6-20(7-9-21)22(26)10-11-23(27)24-15-12-19-13-16-25(2)17-14-19/h6-9,19H,3-5,10-18H2,1-2H3,(H,24,27). The van der Waals surface area contributed by atoms with E-state index in [1.165, 1.54) is 19.3 Å². The van der Waals surface area contributed by atoms with Crippen molar-refractivity contribution in [3.05, 3.63) is 29.8 Å². The van der Waals surface area contributed by atoms with Crippen LogP contribution in [0.25, 0.3) is 0 Å². The highest BCUT2D eigenvalue weighted by Gasteiger charge is 2.16. The first-order valence-corrected chi connectivity index (χ1v) is 10.8. The second-order valence-corrected chi connectivity index (χ2v) is 7.89. The number of Topliss-reactive ketones (excluding diaryl/α,β-unsaturated/α-hetero) is 1. The van der Waals surface area contributed by atoms with Crippen LogP contribution in [-0.2, 0) is 4.79 Å². The third-order valence-corrected chi connectivity index (χ3v) is 5.48. The normalized spacial score (nSPS) is 15.4. The quantitative estimate of drug-likeness (QED) is 0.433. The maximum atomic E-state index is 12.3. The molecule has 1 aromatic carbocycles. The van der Waals surface area contributed by atoms with E-state index in [2.05, 4.69) is 24.2 Å². The van der Waals surface area contributed by atoms with Crippen molar-refractivity contribution in [2.75, 3.05) is 33.3 Å². The Morgan fingerprint density at radius 2 is 1.82 bits per heavy atom. The molecule has 0 bridgehead atoms. The summed E-state index contributed by atoms with van der Waals surface area (Å²) in [5.74, 6) is 1.47. The first kappa shape index (κ1) is 22.4. The van der Waals surface area contributed by atoms with Crippen LogP contribution in [0.15, 0.2) is 24.3 Å². The molecule has 1 fully saturated rings. The lowest BCUT2D eigenvalue weighted by Crippen LogP contribution is -2.32. The van der Waals surface area contributed by atoms with Crippen molar-refractivity contribution in [2.24, 2.45) is 5.92 Å². The Morgan fingerprint density at radius 3 is 2.50 bits per heavy atom. The topological polar surface area (TPSA) is 58.6 Å². The van der Waals surface area contributed by atoms with Crippen molar-refractivity contribution in [2.45, 2.75) is 58.3 Å². The maximum Gasteiger partial charge on any atom is 0.220 e. The van der Waals surface area contributed by atoms with Gasteiger partial charge in [0.15, 0.2) is 5.78 Å². The van der Waals surface area contributed by atoms with Crippen LogP contribution in [-0.4, -0.2) is 49.9 Å². The summed E-state index contributed by atoms with van der Waals surface area (Å²) in [6, 6.07) is 7.24. The first-order chi connectivity index (χ1) is 13.6. The summed E-state index contributed by atoms with van der Waals surface area (Å²) in [7, 11) is 2.16. The molecule has 1 heterocycles. The lowest BCUT2D eigenvalue weighted by molar-refractivity contribution is -0.121. The smallest absolute Gasteiger partial charge is 0.220 e. The summed E-state index contributed by atoms with van der Waals surface area (Å²) >= 11 is 0.